The van der Waals surface area contributed by atoms with Gasteiger partial charge in [0.1, 0.15) is 0 Å². The average molecular weight is 260 g/mol. The molecule has 86 valence electrons. The maximum atomic E-state index is 11.1. The van der Waals surface area contributed by atoms with E-state index in [1.165, 1.54) is 12.1 Å². The Labute approximate surface area is 97.6 Å². The van der Waals surface area contributed by atoms with Crippen LogP contribution in [-0.4, -0.2) is 13.6 Å². The lowest BCUT2D eigenvalue weighted by molar-refractivity contribution is 0.441. The Hall–Kier alpha value is -1.07. The standard InChI is InChI=1S/C10H10ClNO3S/c1-6(2)10-8-4-3-7(16(11,13)14)5-9(8)15-12-10/h3-6H,1-2H3. The maximum absolute atomic E-state index is 11.1. The van der Waals surface area contributed by atoms with Gasteiger partial charge in [0.2, 0.25) is 0 Å². The highest BCUT2D eigenvalue weighted by Gasteiger charge is 2.16. The Kier molecular flexibility index (Phi) is 2.67. The molecule has 4 nitrogen and oxygen atoms in total. The summed E-state index contributed by atoms with van der Waals surface area (Å²) in [6.45, 7) is 3.98. The van der Waals surface area contributed by atoms with Crippen molar-refractivity contribution in [1.29, 1.82) is 0 Å². The minimum absolute atomic E-state index is 0.0214. The second-order valence-corrected chi connectivity index (χ2v) is 6.38. The highest BCUT2D eigenvalue weighted by atomic mass is 35.7. The molecule has 0 unspecified atom stereocenters. The number of nitrogens with zero attached hydrogens (tertiary/aromatic N) is 1. The first kappa shape index (κ1) is 11.4. The number of halogens is 1. The lowest BCUT2D eigenvalue weighted by Crippen LogP contribution is -1.90. The predicted octanol–water partition coefficient (Wildman–Crippen LogP) is 2.88. The van der Waals surface area contributed by atoms with Crippen LogP contribution in [0.2, 0.25) is 0 Å². The Morgan fingerprint density at radius 1 is 1.38 bits per heavy atom. The van der Waals surface area contributed by atoms with E-state index in [9.17, 15) is 8.42 Å². The van der Waals surface area contributed by atoms with Crippen molar-refractivity contribution in [3.05, 3.63) is 23.9 Å². The van der Waals surface area contributed by atoms with E-state index >= 15 is 0 Å². The number of rotatable bonds is 2. The van der Waals surface area contributed by atoms with Crippen molar-refractivity contribution in [2.75, 3.05) is 0 Å². The fourth-order valence-corrected chi connectivity index (χ4v) is 2.27. The van der Waals surface area contributed by atoms with Crippen LogP contribution in [0.15, 0.2) is 27.6 Å². The summed E-state index contributed by atoms with van der Waals surface area (Å²) in [4.78, 5) is 0.0214. The maximum Gasteiger partial charge on any atom is 0.261 e. The zero-order chi connectivity index (χ0) is 11.9. The molecule has 0 saturated heterocycles. The molecule has 0 aliphatic rings. The van der Waals surface area contributed by atoms with Gasteiger partial charge >= 0.3 is 0 Å². The highest BCUT2D eigenvalue weighted by Crippen LogP contribution is 2.27. The molecule has 0 spiro atoms. The zero-order valence-electron chi connectivity index (χ0n) is 8.77. The minimum Gasteiger partial charge on any atom is -0.356 e. The van der Waals surface area contributed by atoms with Crippen molar-refractivity contribution in [3.63, 3.8) is 0 Å². The van der Waals surface area contributed by atoms with Crippen LogP contribution in [-0.2, 0) is 9.05 Å². The van der Waals surface area contributed by atoms with Gasteiger partial charge in [0, 0.05) is 22.1 Å². The lowest BCUT2D eigenvalue weighted by Gasteiger charge is -1.98. The molecular formula is C10H10ClNO3S. The molecule has 16 heavy (non-hydrogen) atoms. The van der Waals surface area contributed by atoms with Gasteiger partial charge in [0.15, 0.2) is 5.58 Å². The van der Waals surface area contributed by atoms with E-state index in [0.717, 1.165) is 11.1 Å². The van der Waals surface area contributed by atoms with Gasteiger partial charge in [-0.1, -0.05) is 19.0 Å². The van der Waals surface area contributed by atoms with Crippen LogP contribution in [0.3, 0.4) is 0 Å². The zero-order valence-corrected chi connectivity index (χ0v) is 10.3. The van der Waals surface area contributed by atoms with Gasteiger partial charge in [-0.05, 0) is 18.1 Å². The number of hydrogen-bond acceptors (Lipinski definition) is 4. The highest BCUT2D eigenvalue weighted by molar-refractivity contribution is 8.13. The Bertz CT molecular complexity index is 631. The van der Waals surface area contributed by atoms with Gasteiger partial charge < -0.3 is 4.52 Å². The predicted molar refractivity (Wildman–Crippen MR) is 61.1 cm³/mol. The Morgan fingerprint density at radius 2 is 2.06 bits per heavy atom. The van der Waals surface area contributed by atoms with Gasteiger partial charge in [-0.2, -0.15) is 0 Å². The molecule has 0 aliphatic carbocycles. The van der Waals surface area contributed by atoms with E-state index in [1.807, 2.05) is 13.8 Å². The summed E-state index contributed by atoms with van der Waals surface area (Å²) in [6, 6.07) is 4.50. The van der Waals surface area contributed by atoms with E-state index in [-0.39, 0.29) is 10.8 Å². The molecule has 6 heteroatoms. The first-order chi connectivity index (χ1) is 7.39. The summed E-state index contributed by atoms with van der Waals surface area (Å²) >= 11 is 0. The van der Waals surface area contributed by atoms with Gasteiger partial charge in [-0.25, -0.2) is 8.42 Å². The van der Waals surface area contributed by atoms with Gasteiger partial charge in [0.05, 0.1) is 10.6 Å². The van der Waals surface area contributed by atoms with E-state index in [0.29, 0.717) is 5.58 Å². The molecule has 1 heterocycles. The third kappa shape index (κ3) is 1.92. The van der Waals surface area contributed by atoms with Crippen molar-refractivity contribution in [2.45, 2.75) is 24.7 Å². The summed E-state index contributed by atoms with van der Waals surface area (Å²) < 4.78 is 27.3. The van der Waals surface area contributed by atoms with Crippen LogP contribution in [0.5, 0.6) is 0 Å². The van der Waals surface area contributed by atoms with Crippen molar-refractivity contribution in [3.8, 4) is 0 Å². The number of fused-ring (bicyclic) bond motifs is 1. The normalized spacial score (nSPS) is 12.5. The number of hydrogen-bond donors (Lipinski definition) is 0. The molecule has 0 saturated carbocycles. The first-order valence-corrected chi connectivity index (χ1v) is 7.04. The number of benzene rings is 1. The van der Waals surface area contributed by atoms with Gasteiger partial charge in [0.25, 0.3) is 9.05 Å². The third-order valence-corrected chi connectivity index (χ3v) is 3.65. The molecule has 2 aromatic rings. The Balaban J connectivity index is 2.67. The Morgan fingerprint density at radius 3 is 2.62 bits per heavy atom. The quantitative estimate of drug-likeness (QED) is 0.778. The first-order valence-electron chi connectivity index (χ1n) is 4.73. The van der Waals surface area contributed by atoms with Gasteiger partial charge in [-0.3, -0.25) is 0 Å². The summed E-state index contributed by atoms with van der Waals surface area (Å²) in [5, 5.41) is 4.72. The smallest absolute Gasteiger partial charge is 0.261 e. The molecule has 0 atom stereocenters. The molecule has 0 fully saturated rings. The fourth-order valence-electron chi connectivity index (χ4n) is 1.51. The van der Waals surface area contributed by atoms with E-state index in [2.05, 4.69) is 5.16 Å². The molecule has 0 N–H and O–H groups in total. The van der Waals surface area contributed by atoms with Crippen LogP contribution >= 0.6 is 10.7 Å². The summed E-state index contributed by atoms with van der Waals surface area (Å²) in [5.41, 5.74) is 1.25. The second-order valence-electron chi connectivity index (χ2n) is 3.82. The number of aromatic nitrogens is 1. The van der Waals surface area contributed by atoms with Gasteiger partial charge in [-0.15, -0.1) is 0 Å². The summed E-state index contributed by atoms with van der Waals surface area (Å²) in [6.07, 6.45) is 0. The molecule has 1 aromatic heterocycles. The minimum atomic E-state index is -3.72. The van der Waals surface area contributed by atoms with E-state index < -0.39 is 9.05 Å². The summed E-state index contributed by atoms with van der Waals surface area (Å²) in [7, 11) is 1.52. The SMILES string of the molecule is CC(C)c1noc2cc(S(=O)(=O)Cl)ccc12. The monoisotopic (exact) mass is 259 g/mol. The molecule has 1 aromatic carbocycles. The molecule has 0 aliphatic heterocycles. The van der Waals surface area contributed by atoms with Crippen molar-refractivity contribution in [2.24, 2.45) is 0 Å². The second kappa shape index (κ2) is 3.75. The van der Waals surface area contributed by atoms with Crippen LogP contribution in [0.1, 0.15) is 25.5 Å². The fraction of sp³-hybridized carbons (Fsp3) is 0.300. The molecular weight excluding hydrogens is 250 g/mol. The largest absolute Gasteiger partial charge is 0.356 e. The molecule has 0 bridgehead atoms. The van der Waals surface area contributed by atoms with E-state index in [4.69, 9.17) is 15.2 Å². The van der Waals surface area contributed by atoms with Crippen LogP contribution in [0, 0.1) is 0 Å². The third-order valence-electron chi connectivity index (χ3n) is 2.30. The van der Waals surface area contributed by atoms with Crippen LogP contribution in [0.25, 0.3) is 11.0 Å². The molecule has 2 rings (SSSR count). The van der Waals surface area contributed by atoms with Crippen molar-refractivity contribution >= 4 is 30.7 Å². The van der Waals surface area contributed by atoms with Crippen LogP contribution in [0.4, 0.5) is 0 Å². The van der Waals surface area contributed by atoms with E-state index in [1.54, 1.807) is 6.07 Å². The van der Waals surface area contributed by atoms with Crippen molar-refractivity contribution in [1.82, 2.24) is 5.16 Å². The average Bonchev–Trinajstić information content (AvgIpc) is 2.58. The lowest BCUT2D eigenvalue weighted by atomic mass is 10.1. The van der Waals surface area contributed by atoms with Crippen molar-refractivity contribution < 1.29 is 12.9 Å². The molecule has 0 amide bonds. The molecule has 0 radical (unpaired) electrons. The topological polar surface area (TPSA) is 60.2 Å². The van der Waals surface area contributed by atoms with Crippen LogP contribution < -0.4 is 0 Å². The summed E-state index contributed by atoms with van der Waals surface area (Å²) in [5.74, 6) is 0.222.